The lowest BCUT2D eigenvalue weighted by Crippen LogP contribution is -2.45. The Hall–Kier alpha value is -1.31. The number of piperidine rings is 1. The smallest absolute Gasteiger partial charge is 0.408 e. The highest BCUT2D eigenvalue weighted by molar-refractivity contribution is 7.89. The normalized spacial score (nSPS) is 23.5. The van der Waals surface area contributed by atoms with Crippen LogP contribution in [0.4, 0.5) is 0 Å². The van der Waals surface area contributed by atoms with Crippen LogP contribution in [0.15, 0.2) is 26.2 Å². The van der Waals surface area contributed by atoms with Gasteiger partial charge in [-0.05, 0) is 31.7 Å². The molecule has 0 bridgehead atoms. The van der Waals surface area contributed by atoms with Crippen molar-refractivity contribution >= 4 is 32.7 Å². The SMILES string of the molecule is C[C@@H]1[C@@H](C)CCCN1S(=O)(=O)c1cc2oc(=O)n(C)c2cc1Cl. The van der Waals surface area contributed by atoms with Crippen molar-refractivity contribution in [1.82, 2.24) is 8.87 Å². The van der Waals surface area contributed by atoms with Crippen molar-refractivity contribution in [2.45, 2.75) is 37.6 Å². The third kappa shape index (κ3) is 2.60. The highest BCUT2D eigenvalue weighted by atomic mass is 35.5. The molecule has 0 amide bonds. The van der Waals surface area contributed by atoms with Gasteiger partial charge >= 0.3 is 5.76 Å². The Balaban J connectivity index is 2.14. The van der Waals surface area contributed by atoms with E-state index in [4.69, 9.17) is 16.0 Å². The number of oxazole rings is 1. The average molecular weight is 359 g/mol. The van der Waals surface area contributed by atoms with E-state index in [2.05, 4.69) is 0 Å². The Morgan fingerprint density at radius 2 is 2.00 bits per heavy atom. The zero-order valence-electron chi connectivity index (χ0n) is 13.2. The Bertz CT molecular complexity index is 915. The maximum atomic E-state index is 13.0. The number of rotatable bonds is 2. The Morgan fingerprint density at radius 1 is 1.30 bits per heavy atom. The number of benzene rings is 1. The predicted molar refractivity (Wildman–Crippen MR) is 88.2 cm³/mol. The average Bonchev–Trinajstić information content (AvgIpc) is 2.76. The molecule has 2 aromatic rings. The molecule has 2 heterocycles. The number of sulfonamides is 1. The van der Waals surface area contributed by atoms with E-state index in [1.807, 2.05) is 13.8 Å². The molecule has 23 heavy (non-hydrogen) atoms. The molecule has 1 aromatic heterocycles. The van der Waals surface area contributed by atoms with Crippen LogP contribution in [0, 0.1) is 5.92 Å². The third-order valence-electron chi connectivity index (χ3n) is 4.75. The summed E-state index contributed by atoms with van der Waals surface area (Å²) >= 11 is 6.21. The minimum Gasteiger partial charge on any atom is -0.408 e. The monoisotopic (exact) mass is 358 g/mol. The summed E-state index contributed by atoms with van der Waals surface area (Å²) in [6, 6.07) is 2.72. The number of nitrogens with zero attached hydrogens (tertiary/aromatic N) is 2. The fourth-order valence-electron chi connectivity index (χ4n) is 3.09. The van der Waals surface area contributed by atoms with Crippen LogP contribution in [-0.2, 0) is 17.1 Å². The number of aryl methyl sites for hydroxylation is 1. The summed E-state index contributed by atoms with van der Waals surface area (Å²) in [6.45, 7) is 4.44. The molecule has 1 aromatic carbocycles. The standard InChI is InChI=1S/C15H19ClN2O4S/c1-9-5-4-6-18(10(9)2)23(20,21)14-8-13-12(7-11(14)16)17(3)15(19)22-13/h7-10H,4-6H2,1-3H3/t9-,10+/m0/s1. The lowest BCUT2D eigenvalue weighted by Gasteiger charge is -2.36. The molecule has 6 nitrogen and oxygen atoms in total. The molecule has 0 radical (unpaired) electrons. The number of halogens is 1. The predicted octanol–water partition coefficient (Wildman–Crippen LogP) is 2.59. The summed E-state index contributed by atoms with van der Waals surface area (Å²) in [6.07, 6.45) is 1.83. The molecular formula is C15H19ClN2O4S. The highest BCUT2D eigenvalue weighted by Crippen LogP contribution is 2.33. The van der Waals surface area contributed by atoms with Crippen LogP contribution in [0.2, 0.25) is 5.02 Å². The number of aromatic nitrogens is 1. The van der Waals surface area contributed by atoms with Crippen molar-refractivity contribution in [3.8, 4) is 0 Å². The van der Waals surface area contributed by atoms with E-state index in [0.717, 1.165) is 12.8 Å². The Labute approximate surface area is 139 Å². The minimum absolute atomic E-state index is 0.0121. The van der Waals surface area contributed by atoms with Crippen LogP contribution in [-0.4, -0.2) is 29.9 Å². The van der Waals surface area contributed by atoms with Crippen LogP contribution in [0.1, 0.15) is 26.7 Å². The van der Waals surface area contributed by atoms with E-state index < -0.39 is 15.8 Å². The van der Waals surface area contributed by atoms with E-state index in [1.54, 1.807) is 7.05 Å². The van der Waals surface area contributed by atoms with Gasteiger partial charge in [0.05, 0.1) is 10.5 Å². The molecule has 0 spiro atoms. The first-order valence-corrected chi connectivity index (χ1v) is 9.36. The molecule has 0 unspecified atom stereocenters. The molecule has 126 valence electrons. The topological polar surface area (TPSA) is 72.5 Å². The molecule has 0 N–H and O–H groups in total. The molecule has 8 heteroatoms. The highest BCUT2D eigenvalue weighted by Gasteiger charge is 2.36. The van der Waals surface area contributed by atoms with E-state index >= 15 is 0 Å². The van der Waals surface area contributed by atoms with Crippen LogP contribution in [0.3, 0.4) is 0 Å². The van der Waals surface area contributed by atoms with Crippen molar-refractivity contribution in [2.75, 3.05) is 6.54 Å². The number of hydrogen-bond donors (Lipinski definition) is 0. The van der Waals surface area contributed by atoms with Crippen LogP contribution in [0.5, 0.6) is 0 Å². The van der Waals surface area contributed by atoms with E-state index in [9.17, 15) is 13.2 Å². The second kappa shape index (κ2) is 5.65. The summed E-state index contributed by atoms with van der Waals surface area (Å²) in [5.41, 5.74) is 0.692. The molecule has 1 aliphatic heterocycles. The van der Waals surface area contributed by atoms with E-state index in [0.29, 0.717) is 12.1 Å². The molecule has 1 saturated heterocycles. The largest absolute Gasteiger partial charge is 0.419 e. The van der Waals surface area contributed by atoms with Gasteiger partial charge in [0.25, 0.3) is 0 Å². The molecule has 3 rings (SSSR count). The molecule has 0 saturated carbocycles. The molecule has 2 atom stereocenters. The zero-order chi connectivity index (χ0) is 16.9. The minimum atomic E-state index is -3.74. The second-order valence-corrected chi connectivity index (χ2v) is 8.42. The lowest BCUT2D eigenvalue weighted by atomic mass is 9.94. The van der Waals surface area contributed by atoms with Gasteiger partial charge in [-0.3, -0.25) is 4.57 Å². The maximum Gasteiger partial charge on any atom is 0.419 e. The van der Waals surface area contributed by atoms with Crippen molar-refractivity contribution in [2.24, 2.45) is 13.0 Å². The lowest BCUT2D eigenvalue weighted by molar-refractivity contribution is 0.202. The first kappa shape index (κ1) is 16.5. The first-order chi connectivity index (χ1) is 10.7. The fourth-order valence-corrected chi connectivity index (χ4v) is 5.37. The summed E-state index contributed by atoms with van der Waals surface area (Å²) < 4.78 is 33.9. The van der Waals surface area contributed by atoms with Gasteiger partial charge in [0.1, 0.15) is 4.90 Å². The van der Waals surface area contributed by atoms with Gasteiger partial charge in [0, 0.05) is 25.7 Å². The van der Waals surface area contributed by atoms with Crippen LogP contribution in [0.25, 0.3) is 11.1 Å². The van der Waals surface area contributed by atoms with Gasteiger partial charge in [-0.15, -0.1) is 0 Å². The Kier molecular flexibility index (Phi) is 4.06. The summed E-state index contributed by atoms with van der Waals surface area (Å²) in [7, 11) is -2.19. The van der Waals surface area contributed by atoms with Crippen molar-refractivity contribution in [3.63, 3.8) is 0 Å². The molecule has 1 fully saturated rings. The Morgan fingerprint density at radius 3 is 2.70 bits per heavy atom. The summed E-state index contributed by atoms with van der Waals surface area (Å²) in [5.74, 6) is -0.263. The number of fused-ring (bicyclic) bond motifs is 1. The maximum absolute atomic E-state index is 13.0. The summed E-state index contributed by atoms with van der Waals surface area (Å²) in [5, 5.41) is 0.0966. The number of hydrogen-bond acceptors (Lipinski definition) is 4. The van der Waals surface area contributed by atoms with Crippen molar-refractivity contribution < 1.29 is 12.8 Å². The van der Waals surface area contributed by atoms with Crippen LogP contribution < -0.4 is 5.76 Å². The zero-order valence-corrected chi connectivity index (χ0v) is 14.8. The third-order valence-corrected chi connectivity index (χ3v) is 7.20. The van der Waals surface area contributed by atoms with Gasteiger partial charge in [-0.1, -0.05) is 18.5 Å². The van der Waals surface area contributed by atoms with Gasteiger partial charge < -0.3 is 4.42 Å². The quantitative estimate of drug-likeness (QED) is 0.827. The molecule has 0 aliphatic carbocycles. The van der Waals surface area contributed by atoms with Gasteiger partial charge in [-0.2, -0.15) is 4.31 Å². The van der Waals surface area contributed by atoms with Gasteiger partial charge in [0.15, 0.2) is 5.58 Å². The molecule has 1 aliphatic rings. The van der Waals surface area contributed by atoms with E-state index in [-0.39, 0.29) is 27.5 Å². The fraction of sp³-hybridized carbons (Fsp3) is 0.533. The van der Waals surface area contributed by atoms with Crippen molar-refractivity contribution in [3.05, 3.63) is 27.7 Å². The summed E-state index contributed by atoms with van der Waals surface area (Å²) in [4.78, 5) is 11.6. The molecular weight excluding hydrogens is 340 g/mol. The van der Waals surface area contributed by atoms with E-state index in [1.165, 1.54) is 21.0 Å². The second-order valence-electron chi connectivity index (χ2n) is 6.15. The van der Waals surface area contributed by atoms with Crippen molar-refractivity contribution in [1.29, 1.82) is 0 Å². The van der Waals surface area contributed by atoms with Gasteiger partial charge in [0.2, 0.25) is 10.0 Å². The van der Waals surface area contributed by atoms with Crippen LogP contribution >= 0.6 is 11.6 Å². The van der Waals surface area contributed by atoms with Gasteiger partial charge in [-0.25, -0.2) is 13.2 Å². The first-order valence-electron chi connectivity index (χ1n) is 7.54.